The Bertz CT molecular complexity index is 213. The Balaban J connectivity index is 2.48. The molecule has 0 aliphatic carbocycles. The summed E-state index contributed by atoms with van der Waals surface area (Å²) in [6.07, 6.45) is -2.21. The quantitative estimate of drug-likeness (QED) is 0.579. The molecule has 2 N–H and O–H groups in total. The van der Waals surface area contributed by atoms with Gasteiger partial charge in [0.2, 0.25) is 0 Å². The summed E-state index contributed by atoms with van der Waals surface area (Å²) < 4.78 is 5.08. The van der Waals surface area contributed by atoms with Gasteiger partial charge in [0.25, 0.3) is 0 Å². The van der Waals surface area contributed by atoms with Gasteiger partial charge in [-0.25, -0.2) is 4.79 Å². The number of amides is 1. The van der Waals surface area contributed by atoms with Crippen molar-refractivity contribution in [2.24, 2.45) is 0 Å². The maximum absolute atomic E-state index is 11.4. The topological polar surface area (TPSA) is 70.0 Å². The first kappa shape index (κ1) is 11.3. The van der Waals surface area contributed by atoms with Crippen LogP contribution in [0.4, 0.5) is 4.79 Å². The van der Waals surface area contributed by atoms with Crippen molar-refractivity contribution in [2.75, 3.05) is 13.1 Å². The van der Waals surface area contributed by atoms with Crippen LogP contribution in [0.2, 0.25) is 0 Å². The standard InChI is InChI=1S/C9H17NO4/c1-9(2,3)14-8(13)10-4-6(11)7(12)5-10/h6-7,11-12H,4-5H2,1-3H3. The molecule has 0 aromatic heterocycles. The van der Waals surface area contributed by atoms with Crippen molar-refractivity contribution >= 4 is 6.09 Å². The van der Waals surface area contributed by atoms with Crippen LogP contribution in [-0.4, -0.2) is 52.1 Å². The fourth-order valence-electron chi connectivity index (χ4n) is 1.25. The van der Waals surface area contributed by atoms with E-state index in [-0.39, 0.29) is 13.1 Å². The Morgan fingerprint density at radius 3 is 2.07 bits per heavy atom. The highest BCUT2D eigenvalue weighted by Crippen LogP contribution is 2.15. The van der Waals surface area contributed by atoms with E-state index in [1.807, 2.05) is 0 Å². The summed E-state index contributed by atoms with van der Waals surface area (Å²) in [5, 5.41) is 18.4. The van der Waals surface area contributed by atoms with Crippen LogP contribution in [0.25, 0.3) is 0 Å². The molecule has 0 spiro atoms. The molecule has 0 radical (unpaired) electrons. The van der Waals surface area contributed by atoms with Gasteiger partial charge >= 0.3 is 6.09 Å². The SMILES string of the molecule is CC(C)(C)OC(=O)N1CC(O)C(O)C1. The maximum Gasteiger partial charge on any atom is 0.410 e. The molecule has 1 amide bonds. The molecule has 1 aliphatic heterocycles. The molecule has 1 aliphatic rings. The van der Waals surface area contributed by atoms with Gasteiger partial charge in [0.15, 0.2) is 0 Å². The van der Waals surface area contributed by atoms with Crippen molar-refractivity contribution < 1.29 is 19.7 Å². The lowest BCUT2D eigenvalue weighted by Crippen LogP contribution is -2.36. The number of nitrogens with zero attached hydrogens (tertiary/aromatic N) is 1. The van der Waals surface area contributed by atoms with Crippen molar-refractivity contribution in [3.8, 4) is 0 Å². The van der Waals surface area contributed by atoms with Crippen LogP contribution in [0.15, 0.2) is 0 Å². The molecule has 0 aromatic carbocycles. The Morgan fingerprint density at radius 1 is 1.29 bits per heavy atom. The van der Waals surface area contributed by atoms with Gasteiger partial charge in [-0.2, -0.15) is 0 Å². The second kappa shape index (κ2) is 3.74. The highest BCUT2D eigenvalue weighted by atomic mass is 16.6. The molecule has 0 saturated carbocycles. The van der Waals surface area contributed by atoms with Crippen molar-refractivity contribution in [1.82, 2.24) is 4.90 Å². The number of aliphatic hydroxyl groups is 2. The number of hydrogen-bond donors (Lipinski definition) is 2. The molecule has 1 saturated heterocycles. The van der Waals surface area contributed by atoms with Crippen molar-refractivity contribution in [1.29, 1.82) is 0 Å². The summed E-state index contributed by atoms with van der Waals surface area (Å²) >= 11 is 0. The molecule has 14 heavy (non-hydrogen) atoms. The summed E-state index contributed by atoms with van der Waals surface area (Å²) in [7, 11) is 0. The van der Waals surface area contributed by atoms with Crippen LogP contribution in [-0.2, 0) is 4.74 Å². The smallest absolute Gasteiger partial charge is 0.410 e. The number of ether oxygens (including phenoxy) is 1. The Morgan fingerprint density at radius 2 is 1.71 bits per heavy atom. The minimum Gasteiger partial charge on any atom is -0.444 e. The summed E-state index contributed by atoms with van der Waals surface area (Å²) in [5.41, 5.74) is -0.546. The normalized spacial score (nSPS) is 27.9. The van der Waals surface area contributed by atoms with Crippen molar-refractivity contribution in [2.45, 2.75) is 38.6 Å². The summed E-state index contributed by atoms with van der Waals surface area (Å²) in [6.45, 7) is 5.58. The van der Waals surface area contributed by atoms with E-state index < -0.39 is 23.9 Å². The third kappa shape index (κ3) is 2.85. The molecular weight excluding hydrogens is 186 g/mol. The third-order valence-electron chi connectivity index (χ3n) is 1.91. The molecule has 5 heteroatoms. The molecule has 1 fully saturated rings. The average molecular weight is 203 g/mol. The fourth-order valence-corrected chi connectivity index (χ4v) is 1.25. The van der Waals surface area contributed by atoms with Crippen LogP contribution < -0.4 is 0 Å². The molecule has 2 atom stereocenters. The Labute approximate surface area is 83.3 Å². The summed E-state index contributed by atoms with van der Waals surface area (Å²) in [5.74, 6) is 0. The predicted molar refractivity (Wildman–Crippen MR) is 49.8 cm³/mol. The number of hydrogen-bond acceptors (Lipinski definition) is 4. The lowest BCUT2D eigenvalue weighted by Gasteiger charge is -2.24. The second-order valence-electron chi connectivity index (χ2n) is 4.52. The zero-order valence-corrected chi connectivity index (χ0v) is 8.73. The maximum atomic E-state index is 11.4. The minimum absolute atomic E-state index is 0.135. The van der Waals surface area contributed by atoms with Crippen molar-refractivity contribution in [3.63, 3.8) is 0 Å². The number of carbonyl (C=O) groups excluding carboxylic acids is 1. The third-order valence-corrected chi connectivity index (χ3v) is 1.91. The molecule has 1 heterocycles. The van der Waals surface area contributed by atoms with Crippen molar-refractivity contribution in [3.05, 3.63) is 0 Å². The molecule has 82 valence electrons. The van der Waals surface area contributed by atoms with Crippen LogP contribution in [0.3, 0.4) is 0 Å². The summed E-state index contributed by atoms with van der Waals surface area (Å²) in [4.78, 5) is 12.7. The van der Waals surface area contributed by atoms with E-state index in [0.29, 0.717) is 0 Å². The molecular formula is C9H17NO4. The van der Waals surface area contributed by atoms with Gasteiger partial charge in [-0.15, -0.1) is 0 Å². The lowest BCUT2D eigenvalue weighted by molar-refractivity contribution is 0.0267. The van der Waals surface area contributed by atoms with Crippen LogP contribution >= 0.6 is 0 Å². The van der Waals surface area contributed by atoms with Crippen LogP contribution in [0.5, 0.6) is 0 Å². The molecule has 0 bridgehead atoms. The van der Waals surface area contributed by atoms with Crippen LogP contribution in [0, 0.1) is 0 Å². The predicted octanol–water partition coefficient (Wildman–Crippen LogP) is -0.0411. The number of rotatable bonds is 0. The van der Waals surface area contributed by atoms with E-state index in [1.165, 1.54) is 4.90 Å². The Kier molecular flexibility index (Phi) is 3.01. The highest BCUT2D eigenvalue weighted by molar-refractivity contribution is 5.68. The van der Waals surface area contributed by atoms with Gasteiger partial charge in [-0.05, 0) is 20.8 Å². The molecule has 1 rings (SSSR count). The van der Waals surface area contributed by atoms with E-state index in [2.05, 4.69) is 0 Å². The van der Waals surface area contributed by atoms with Gasteiger partial charge in [-0.3, -0.25) is 0 Å². The number of likely N-dealkylation sites (tertiary alicyclic amines) is 1. The van der Waals surface area contributed by atoms with Gasteiger partial charge < -0.3 is 19.8 Å². The molecule has 2 unspecified atom stereocenters. The number of aliphatic hydroxyl groups excluding tert-OH is 2. The van der Waals surface area contributed by atoms with Gasteiger partial charge in [0.1, 0.15) is 5.60 Å². The van der Waals surface area contributed by atoms with E-state index in [4.69, 9.17) is 4.74 Å². The van der Waals surface area contributed by atoms with Gasteiger partial charge in [0.05, 0.1) is 25.3 Å². The number of β-amino-alcohol motifs (C(OH)–C–C–N with tert-alkyl or cyclic N) is 2. The first-order valence-electron chi connectivity index (χ1n) is 4.63. The first-order valence-corrected chi connectivity index (χ1v) is 4.63. The number of carbonyl (C=O) groups is 1. The zero-order valence-electron chi connectivity index (χ0n) is 8.73. The Hall–Kier alpha value is -0.810. The van der Waals surface area contributed by atoms with E-state index in [9.17, 15) is 15.0 Å². The van der Waals surface area contributed by atoms with E-state index in [0.717, 1.165) is 0 Å². The zero-order chi connectivity index (χ0) is 10.9. The van der Waals surface area contributed by atoms with Gasteiger partial charge in [-0.1, -0.05) is 0 Å². The first-order chi connectivity index (χ1) is 6.29. The fraction of sp³-hybridized carbons (Fsp3) is 0.889. The van der Waals surface area contributed by atoms with E-state index in [1.54, 1.807) is 20.8 Å². The minimum atomic E-state index is -0.859. The van der Waals surface area contributed by atoms with Crippen LogP contribution in [0.1, 0.15) is 20.8 Å². The average Bonchev–Trinajstić information content (AvgIpc) is 2.28. The second-order valence-corrected chi connectivity index (χ2v) is 4.52. The largest absolute Gasteiger partial charge is 0.444 e. The van der Waals surface area contributed by atoms with E-state index >= 15 is 0 Å². The highest BCUT2D eigenvalue weighted by Gasteiger charge is 2.34. The molecule has 0 aromatic rings. The molecule has 5 nitrogen and oxygen atoms in total. The lowest BCUT2D eigenvalue weighted by atomic mass is 10.2. The van der Waals surface area contributed by atoms with Gasteiger partial charge in [0, 0.05) is 0 Å². The summed E-state index contributed by atoms with van der Waals surface area (Å²) in [6, 6.07) is 0. The monoisotopic (exact) mass is 203 g/mol.